The average molecular weight is 238 g/mol. The van der Waals surface area contributed by atoms with Gasteiger partial charge in [0.25, 0.3) is 5.91 Å². The molecule has 0 saturated carbocycles. The number of rotatable bonds is 3. The molecular weight excluding hydrogens is 219 g/mol. The molecular formula is C13H19FN2O. The Hall–Kier alpha value is -1.42. The van der Waals surface area contributed by atoms with E-state index in [0.29, 0.717) is 18.7 Å². The molecule has 0 bridgehead atoms. The van der Waals surface area contributed by atoms with Crippen LogP contribution in [-0.2, 0) is 0 Å². The maximum atomic E-state index is 13.1. The first-order valence-corrected chi connectivity index (χ1v) is 5.64. The van der Waals surface area contributed by atoms with Crippen molar-refractivity contribution in [1.82, 2.24) is 4.90 Å². The van der Waals surface area contributed by atoms with Crippen molar-refractivity contribution >= 4 is 5.91 Å². The maximum Gasteiger partial charge on any atom is 0.254 e. The van der Waals surface area contributed by atoms with Crippen LogP contribution in [0.25, 0.3) is 0 Å². The fourth-order valence-electron chi connectivity index (χ4n) is 1.65. The van der Waals surface area contributed by atoms with Gasteiger partial charge in [0.05, 0.1) is 0 Å². The molecule has 0 heterocycles. The Labute approximate surface area is 101 Å². The summed E-state index contributed by atoms with van der Waals surface area (Å²) in [6.45, 7) is 6.64. The van der Waals surface area contributed by atoms with E-state index in [-0.39, 0.29) is 11.4 Å². The van der Waals surface area contributed by atoms with Crippen LogP contribution in [0.5, 0.6) is 0 Å². The highest BCUT2D eigenvalue weighted by Gasteiger charge is 2.26. The molecule has 0 aromatic heterocycles. The highest BCUT2D eigenvalue weighted by molar-refractivity contribution is 5.94. The number of hydrogen-bond acceptors (Lipinski definition) is 2. The van der Waals surface area contributed by atoms with Gasteiger partial charge in [-0.1, -0.05) is 6.07 Å². The summed E-state index contributed by atoms with van der Waals surface area (Å²) in [5.74, 6) is -0.597. The molecule has 0 atom stereocenters. The van der Waals surface area contributed by atoms with Gasteiger partial charge in [-0.25, -0.2) is 4.39 Å². The number of amides is 1. The van der Waals surface area contributed by atoms with E-state index >= 15 is 0 Å². The minimum Gasteiger partial charge on any atom is -0.333 e. The summed E-state index contributed by atoms with van der Waals surface area (Å²) in [4.78, 5) is 13.9. The third kappa shape index (κ3) is 3.53. The Balaban J connectivity index is 3.00. The zero-order valence-corrected chi connectivity index (χ0v) is 10.5. The van der Waals surface area contributed by atoms with Crippen LogP contribution in [0.15, 0.2) is 24.3 Å². The number of carbonyl (C=O) groups is 1. The Kier molecular flexibility index (Phi) is 4.23. The van der Waals surface area contributed by atoms with Crippen LogP contribution in [-0.4, -0.2) is 29.4 Å². The second-order valence-electron chi connectivity index (χ2n) is 4.93. The third-order valence-corrected chi connectivity index (χ3v) is 2.48. The van der Waals surface area contributed by atoms with E-state index in [4.69, 9.17) is 5.73 Å². The molecule has 0 spiro atoms. The summed E-state index contributed by atoms with van der Waals surface area (Å²) in [5.41, 5.74) is 5.53. The molecule has 2 N–H and O–H groups in total. The summed E-state index contributed by atoms with van der Waals surface area (Å²) < 4.78 is 13.1. The van der Waals surface area contributed by atoms with E-state index in [1.807, 2.05) is 20.8 Å². The molecule has 94 valence electrons. The summed E-state index contributed by atoms with van der Waals surface area (Å²) in [6.07, 6.45) is 0. The van der Waals surface area contributed by atoms with Crippen LogP contribution >= 0.6 is 0 Å². The van der Waals surface area contributed by atoms with Crippen LogP contribution < -0.4 is 5.73 Å². The van der Waals surface area contributed by atoms with Gasteiger partial charge in [-0.3, -0.25) is 4.79 Å². The summed E-state index contributed by atoms with van der Waals surface area (Å²) in [7, 11) is 0. The molecule has 0 aliphatic heterocycles. The minimum atomic E-state index is -0.405. The molecule has 0 radical (unpaired) electrons. The van der Waals surface area contributed by atoms with E-state index in [1.54, 1.807) is 11.0 Å². The van der Waals surface area contributed by atoms with Crippen LogP contribution in [0.4, 0.5) is 4.39 Å². The van der Waals surface area contributed by atoms with Crippen LogP contribution in [0, 0.1) is 5.82 Å². The Morgan fingerprint density at radius 2 is 2.06 bits per heavy atom. The number of hydrogen-bond donors (Lipinski definition) is 1. The van der Waals surface area contributed by atoms with Gasteiger partial charge < -0.3 is 10.6 Å². The summed E-state index contributed by atoms with van der Waals surface area (Å²) in [5, 5.41) is 0. The van der Waals surface area contributed by atoms with Crippen molar-refractivity contribution in [3.05, 3.63) is 35.6 Å². The molecule has 0 fully saturated rings. The second-order valence-corrected chi connectivity index (χ2v) is 4.93. The van der Waals surface area contributed by atoms with E-state index < -0.39 is 5.82 Å². The summed E-state index contributed by atoms with van der Waals surface area (Å²) in [6, 6.07) is 5.71. The smallest absolute Gasteiger partial charge is 0.254 e. The lowest BCUT2D eigenvalue weighted by atomic mass is 10.0. The first-order chi connectivity index (χ1) is 7.86. The van der Waals surface area contributed by atoms with Crippen LogP contribution in [0.1, 0.15) is 31.1 Å². The van der Waals surface area contributed by atoms with Crippen LogP contribution in [0.3, 0.4) is 0 Å². The van der Waals surface area contributed by atoms with Crippen molar-refractivity contribution < 1.29 is 9.18 Å². The fraction of sp³-hybridized carbons (Fsp3) is 0.462. The lowest BCUT2D eigenvalue weighted by Crippen LogP contribution is -2.48. The van der Waals surface area contributed by atoms with E-state index in [0.717, 1.165) is 0 Å². The molecule has 0 aliphatic rings. The van der Waals surface area contributed by atoms with Gasteiger partial charge in [0.1, 0.15) is 5.82 Å². The van der Waals surface area contributed by atoms with Crippen molar-refractivity contribution in [3.63, 3.8) is 0 Å². The monoisotopic (exact) mass is 238 g/mol. The molecule has 4 heteroatoms. The second kappa shape index (κ2) is 5.27. The van der Waals surface area contributed by atoms with Crippen molar-refractivity contribution in [2.24, 2.45) is 5.73 Å². The number of halogens is 1. The normalized spacial score (nSPS) is 11.4. The van der Waals surface area contributed by atoms with Gasteiger partial charge in [-0.05, 0) is 39.0 Å². The first-order valence-electron chi connectivity index (χ1n) is 5.64. The van der Waals surface area contributed by atoms with Gasteiger partial charge >= 0.3 is 0 Å². The highest BCUT2D eigenvalue weighted by atomic mass is 19.1. The van der Waals surface area contributed by atoms with Gasteiger partial charge in [0.2, 0.25) is 0 Å². The Morgan fingerprint density at radius 3 is 2.53 bits per heavy atom. The molecule has 0 unspecified atom stereocenters. The van der Waals surface area contributed by atoms with Crippen molar-refractivity contribution in [1.29, 1.82) is 0 Å². The minimum absolute atomic E-state index is 0.192. The number of benzene rings is 1. The molecule has 1 rings (SSSR count). The number of nitrogens with two attached hydrogens (primary N) is 1. The molecule has 3 nitrogen and oxygen atoms in total. The highest BCUT2D eigenvalue weighted by Crippen LogP contribution is 2.17. The van der Waals surface area contributed by atoms with E-state index in [9.17, 15) is 9.18 Å². The number of nitrogens with zero attached hydrogens (tertiary/aromatic N) is 1. The summed E-state index contributed by atoms with van der Waals surface area (Å²) >= 11 is 0. The SMILES string of the molecule is CC(C)(C)N(CCN)C(=O)c1cccc(F)c1. The third-order valence-electron chi connectivity index (χ3n) is 2.48. The first kappa shape index (κ1) is 13.6. The molecule has 0 aliphatic carbocycles. The molecule has 17 heavy (non-hydrogen) atoms. The van der Waals surface area contributed by atoms with Gasteiger partial charge in [-0.15, -0.1) is 0 Å². The predicted octanol–water partition coefficient (Wildman–Crippen LogP) is 2.03. The van der Waals surface area contributed by atoms with Gasteiger partial charge in [0.15, 0.2) is 0 Å². The predicted molar refractivity (Wildman–Crippen MR) is 66.2 cm³/mol. The van der Waals surface area contributed by atoms with Crippen LogP contribution in [0.2, 0.25) is 0 Å². The van der Waals surface area contributed by atoms with Crippen molar-refractivity contribution in [2.75, 3.05) is 13.1 Å². The number of carbonyl (C=O) groups excluding carboxylic acids is 1. The standard InChI is InChI=1S/C13H19FN2O/c1-13(2,3)16(8-7-15)12(17)10-5-4-6-11(14)9-10/h4-6,9H,7-8,15H2,1-3H3. The zero-order chi connectivity index (χ0) is 13.1. The topological polar surface area (TPSA) is 46.3 Å². The largest absolute Gasteiger partial charge is 0.333 e. The van der Waals surface area contributed by atoms with E-state index in [1.165, 1.54) is 18.2 Å². The molecule has 1 amide bonds. The van der Waals surface area contributed by atoms with Crippen molar-refractivity contribution in [2.45, 2.75) is 26.3 Å². The van der Waals surface area contributed by atoms with Gasteiger partial charge in [-0.2, -0.15) is 0 Å². The molecule has 0 saturated heterocycles. The van der Waals surface area contributed by atoms with E-state index in [2.05, 4.69) is 0 Å². The lowest BCUT2D eigenvalue weighted by Gasteiger charge is -2.35. The Bertz CT molecular complexity index is 399. The molecule has 1 aromatic rings. The van der Waals surface area contributed by atoms with Crippen molar-refractivity contribution in [3.8, 4) is 0 Å². The quantitative estimate of drug-likeness (QED) is 0.875. The fourth-order valence-corrected chi connectivity index (χ4v) is 1.65. The molecule has 1 aromatic carbocycles. The lowest BCUT2D eigenvalue weighted by molar-refractivity contribution is 0.0591. The Morgan fingerprint density at radius 1 is 1.41 bits per heavy atom. The zero-order valence-electron chi connectivity index (χ0n) is 10.5. The van der Waals surface area contributed by atoms with Gasteiger partial charge in [0, 0.05) is 24.2 Å². The maximum absolute atomic E-state index is 13.1. The average Bonchev–Trinajstić information content (AvgIpc) is 2.23.